The number of hydrogen-bond acceptors (Lipinski definition) is 3. The molecule has 208 valence electrons. The fourth-order valence-corrected chi connectivity index (χ4v) is 5.37. The molecule has 10 heteroatoms. The highest BCUT2D eigenvalue weighted by Gasteiger charge is 2.40. The van der Waals surface area contributed by atoms with Gasteiger partial charge in [0.15, 0.2) is 5.82 Å². The van der Waals surface area contributed by atoms with E-state index in [9.17, 15) is 22.4 Å². The third-order valence-electron chi connectivity index (χ3n) is 7.13. The van der Waals surface area contributed by atoms with Crippen LogP contribution in [0.15, 0.2) is 48.7 Å². The lowest BCUT2D eigenvalue weighted by Crippen LogP contribution is -2.54. The van der Waals surface area contributed by atoms with E-state index in [1.54, 1.807) is 19.1 Å². The van der Waals surface area contributed by atoms with Gasteiger partial charge in [0.2, 0.25) is 0 Å². The minimum atomic E-state index is -4.78. The summed E-state index contributed by atoms with van der Waals surface area (Å²) in [6.07, 6.45) is -3.08. The van der Waals surface area contributed by atoms with Gasteiger partial charge >= 0.3 is 12.2 Å². The highest BCUT2D eigenvalue weighted by Crippen LogP contribution is 2.37. The van der Waals surface area contributed by atoms with Crippen LogP contribution in [0.2, 0.25) is 0 Å². The standard InChI is InChI=1S/C29H33F4N5O/c1-19(2)15-36-16-22-18-37(23-11-13-35(14-12-23)26-20(3)7-6-10-25(26)30)28(39)38(27(22)34-36)17-21-8-4-5-9-24(21)29(31,32)33/h4-10,16,19,23H,11-15,17-18H2,1-3H3/i1D3,2D3,15D2,19D. The molecule has 2 aliphatic rings. The molecule has 1 fully saturated rings. The van der Waals surface area contributed by atoms with Crippen LogP contribution in [0.25, 0.3) is 0 Å². The molecule has 0 radical (unpaired) electrons. The minimum Gasteiger partial charge on any atom is -0.369 e. The van der Waals surface area contributed by atoms with Crippen LogP contribution in [0.5, 0.6) is 0 Å². The molecule has 1 aromatic heterocycles. The van der Waals surface area contributed by atoms with Crippen molar-refractivity contribution in [2.45, 2.75) is 65.3 Å². The van der Waals surface area contributed by atoms with Gasteiger partial charge in [-0.1, -0.05) is 44.0 Å². The predicted molar refractivity (Wildman–Crippen MR) is 142 cm³/mol. The van der Waals surface area contributed by atoms with Gasteiger partial charge in [0.1, 0.15) is 5.82 Å². The van der Waals surface area contributed by atoms with E-state index >= 15 is 0 Å². The van der Waals surface area contributed by atoms with Gasteiger partial charge < -0.3 is 9.80 Å². The molecule has 0 saturated carbocycles. The fraction of sp³-hybridized carbons (Fsp3) is 0.448. The summed E-state index contributed by atoms with van der Waals surface area (Å²) in [6, 6.07) is 8.06. The Labute approximate surface area is 238 Å². The summed E-state index contributed by atoms with van der Waals surface area (Å²) in [4.78, 5) is 18.3. The van der Waals surface area contributed by atoms with Crippen molar-refractivity contribution in [1.29, 1.82) is 0 Å². The number of urea groups is 1. The van der Waals surface area contributed by atoms with Gasteiger partial charge in [-0.15, -0.1) is 0 Å². The Morgan fingerprint density at radius 3 is 2.59 bits per heavy atom. The molecule has 39 heavy (non-hydrogen) atoms. The Morgan fingerprint density at radius 1 is 1.15 bits per heavy atom. The van der Waals surface area contributed by atoms with Crippen molar-refractivity contribution in [2.24, 2.45) is 5.89 Å². The van der Waals surface area contributed by atoms with E-state index in [4.69, 9.17) is 12.3 Å². The Bertz CT molecular complexity index is 1650. The average Bonchev–Trinajstić information content (AvgIpc) is 3.42. The van der Waals surface area contributed by atoms with Crippen LogP contribution in [0.4, 0.5) is 33.9 Å². The molecule has 3 aromatic rings. The van der Waals surface area contributed by atoms with Crippen LogP contribution < -0.4 is 9.80 Å². The lowest BCUT2D eigenvalue weighted by Gasteiger charge is -2.43. The number of aromatic nitrogens is 2. The third-order valence-corrected chi connectivity index (χ3v) is 7.13. The number of alkyl halides is 3. The Hall–Kier alpha value is -3.56. The van der Waals surface area contributed by atoms with Crippen molar-refractivity contribution in [1.82, 2.24) is 14.7 Å². The number of fused-ring (bicyclic) bond motifs is 1. The summed E-state index contributed by atoms with van der Waals surface area (Å²) in [5.74, 6) is -4.42. The monoisotopic (exact) mass is 552 g/mol. The topological polar surface area (TPSA) is 44.6 Å². The maximum absolute atomic E-state index is 14.7. The highest BCUT2D eigenvalue weighted by atomic mass is 19.4. The Morgan fingerprint density at radius 2 is 1.90 bits per heavy atom. The van der Waals surface area contributed by atoms with Crippen molar-refractivity contribution < 1.29 is 34.7 Å². The summed E-state index contributed by atoms with van der Waals surface area (Å²) in [7, 11) is 0. The molecule has 3 heterocycles. The van der Waals surface area contributed by atoms with Gasteiger partial charge in [0.25, 0.3) is 0 Å². The minimum absolute atomic E-state index is 0.105. The van der Waals surface area contributed by atoms with E-state index in [2.05, 4.69) is 5.10 Å². The Balaban J connectivity index is 1.55. The first-order chi connectivity index (χ1) is 22.1. The molecule has 0 atom stereocenters. The number of carbonyl (C=O) groups excluding carboxylic acids is 1. The maximum Gasteiger partial charge on any atom is 0.416 e. The summed E-state index contributed by atoms with van der Waals surface area (Å²) in [6.45, 7) is -9.25. The van der Waals surface area contributed by atoms with Crippen molar-refractivity contribution in [3.63, 3.8) is 0 Å². The second-order valence-corrected chi connectivity index (χ2v) is 9.68. The van der Waals surface area contributed by atoms with E-state index in [1.165, 1.54) is 29.2 Å². The van der Waals surface area contributed by atoms with Crippen LogP contribution in [0.3, 0.4) is 0 Å². The molecule has 2 amide bonds. The normalized spacial score (nSPS) is 21.5. The quantitative estimate of drug-likeness (QED) is 0.323. The van der Waals surface area contributed by atoms with Gasteiger partial charge in [0, 0.05) is 47.0 Å². The van der Waals surface area contributed by atoms with Crippen molar-refractivity contribution in [2.75, 3.05) is 22.9 Å². The number of halogens is 4. The zero-order valence-corrected chi connectivity index (χ0v) is 21.1. The van der Waals surface area contributed by atoms with E-state index in [0.29, 0.717) is 36.3 Å². The molecule has 2 aromatic carbocycles. The predicted octanol–water partition coefficient (Wildman–Crippen LogP) is 6.62. The first-order valence-electron chi connectivity index (χ1n) is 16.9. The van der Waals surface area contributed by atoms with Crippen molar-refractivity contribution in [3.05, 3.63) is 76.7 Å². The summed E-state index contributed by atoms with van der Waals surface area (Å²) >= 11 is 0. The second kappa shape index (κ2) is 10.5. The fourth-order valence-electron chi connectivity index (χ4n) is 5.37. The number of carbonyl (C=O) groups is 1. The SMILES string of the molecule is [2H]C([2H])([2H])C([2H])(C([2H])([2H])[2H])C([2H])([2H])n1cc2c(n1)N(Cc1ccccc1C(F)(F)F)C(=O)N(C1CCN(c3c(C)cccc3F)CC1)C2. The first-order valence-corrected chi connectivity index (χ1v) is 12.4. The zero-order valence-electron chi connectivity index (χ0n) is 30.1. The number of piperidine rings is 1. The summed E-state index contributed by atoms with van der Waals surface area (Å²) in [5.41, 5.74) is -0.0562. The number of benzene rings is 2. The summed E-state index contributed by atoms with van der Waals surface area (Å²) < 4.78 is 129. The molecule has 0 bridgehead atoms. The zero-order chi connectivity index (χ0) is 35.6. The number of nitrogens with zero attached hydrogens (tertiary/aromatic N) is 5. The number of rotatable bonds is 6. The molecule has 0 spiro atoms. The lowest BCUT2D eigenvalue weighted by molar-refractivity contribution is -0.138. The molecular formula is C29H33F4N5O. The molecule has 0 unspecified atom stereocenters. The second-order valence-electron chi connectivity index (χ2n) is 9.68. The number of amides is 2. The summed E-state index contributed by atoms with van der Waals surface area (Å²) in [5, 5.41) is 4.06. The van der Waals surface area contributed by atoms with Crippen LogP contribution in [-0.2, 0) is 25.8 Å². The smallest absolute Gasteiger partial charge is 0.369 e. The molecular weight excluding hydrogens is 510 g/mol. The molecule has 0 aliphatic carbocycles. The van der Waals surface area contributed by atoms with Gasteiger partial charge in [-0.25, -0.2) is 9.18 Å². The van der Waals surface area contributed by atoms with Crippen LogP contribution in [-0.4, -0.2) is 39.8 Å². The largest absolute Gasteiger partial charge is 0.416 e. The molecule has 6 nitrogen and oxygen atoms in total. The van der Waals surface area contributed by atoms with Crippen molar-refractivity contribution in [3.8, 4) is 0 Å². The lowest BCUT2D eigenvalue weighted by atomic mass is 10.00. The van der Waals surface area contributed by atoms with Crippen molar-refractivity contribution >= 4 is 17.5 Å². The molecule has 1 saturated heterocycles. The van der Waals surface area contributed by atoms with Crippen LogP contribution in [0.1, 0.15) is 61.1 Å². The van der Waals surface area contributed by atoms with Crippen LogP contribution >= 0.6 is 0 Å². The number of anilines is 2. The molecule has 5 rings (SSSR count). The number of para-hydroxylation sites is 1. The first kappa shape index (κ1) is 17.9. The molecule has 2 aliphatic heterocycles. The van der Waals surface area contributed by atoms with Crippen LogP contribution in [0, 0.1) is 18.6 Å². The Kier molecular flexibility index (Phi) is 4.84. The van der Waals surface area contributed by atoms with E-state index in [1.807, 2.05) is 4.90 Å². The van der Waals surface area contributed by atoms with Gasteiger partial charge in [-0.05, 0) is 48.9 Å². The van der Waals surface area contributed by atoms with E-state index in [0.717, 1.165) is 22.7 Å². The maximum atomic E-state index is 14.7. The number of hydrogen-bond donors (Lipinski definition) is 0. The highest BCUT2D eigenvalue weighted by molar-refractivity contribution is 5.94. The third kappa shape index (κ3) is 5.46. The number of aryl methyl sites for hydroxylation is 1. The van der Waals surface area contributed by atoms with Gasteiger partial charge in [-0.3, -0.25) is 9.58 Å². The van der Waals surface area contributed by atoms with E-state index in [-0.39, 0.29) is 23.5 Å². The van der Waals surface area contributed by atoms with E-state index < -0.39 is 62.3 Å². The van der Waals surface area contributed by atoms with Gasteiger partial charge in [-0.2, -0.15) is 18.3 Å². The van der Waals surface area contributed by atoms with Gasteiger partial charge in [0.05, 0.1) is 27.1 Å². The molecule has 0 N–H and O–H groups in total. The average molecular weight is 553 g/mol.